The number of hydrogen-bond donors (Lipinski definition) is 2. The van der Waals surface area contributed by atoms with E-state index in [0.717, 1.165) is 24.1 Å². The lowest BCUT2D eigenvalue weighted by molar-refractivity contribution is 0.0963. The fraction of sp³-hybridized carbons (Fsp3) is 0.562. The number of carbonyl (C=O) groups excluding carboxylic acids is 1. The molecule has 2 N–H and O–H groups in total. The van der Waals surface area contributed by atoms with Crippen LogP contribution in [0.1, 0.15) is 43.0 Å². The Morgan fingerprint density at radius 1 is 1.30 bits per heavy atom. The largest absolute Gasteiger partial charge is 0.385 e. The summed E-state index contributed by atoms with van der Waals surface area (Å²) in [6.07, 6.45) is 5.25. The van der Waals surface area contributed by atoms with Crippen LogP contribution in [0.2, 0.25) is 5.02 Å². The van der Waals surface area contributed by atoms with Gasteiger partial charge in [-0.25, -0.2) is 0 Å². The van der Waals surface area contributed by atoms with Crippen LogP contribution in [0, 0.1) is 11.8 Å². The van der Waals surface area contributed by atoms with Gasteiger partial charge in [0.15, 0.2) is 0 Å². The second kappa shape index (κ2) is 6.98. The standard InChI is InChI=1S/C16H23ClN2O/c1-11-3-5-12(6-4-11)10-19-13-7-8-15(17)14(9-13)16(20)18-2/h7-9,11-12,19H,3-6,10H2,1-2H3,(H,18,20). The third kappa shape index (κ3) is 3.89. The second-order valence-electron chi connectivity index (χ2n) is 5.78. The average molecular weight is 295 g/mol. The van der Waals surface area contributed by atoms with Crippen molar-refractivity contribution in [1.29, 1.82) is 0 Å². The first kappa shape index (κ1) is 15.2. The first-order valence-electron chi connectivity index (χ1n) is 7.35. The molecule has 1 saturated carbocycles. The smallest absolute Gasteiger partial charge is 0.252 e. The molecule has 1 fully saturated rings. The first-order chi connectivity index (χ1) is 9.60. The first-order valence-corrected chi connectivity index (χ1v) is 7.73. The average Bonchev–Trinajstić information content (AvgIpc) is 2.47. The van der Waals surface area contributed by atoms with Gasteiger partial charge in [0.2, 0.25) is 0 Å². The highest BCUT2D eigenvalue weighted by atomic mass is 35.5. The van der Waals surface area contributed by atoms with Crippen LogP contribution in [0.4, 0.5) is 5.69 Å². The van der Waals surface area contributed by atoms with E-state index in [1.807, 2.05) is 12.1 Å². The molecule has 2 rings (SSSR count). The van der Waals surface area contributed by atoms with E-state index in [1.165, 1.54) is 25.7 Å². The lowest BCUT2D eigenvalue weighted by Crippen LogP contribution is -2.21. The molecule has 0 saturated heterocycles. The van der Waals surface area contributed by atoms with Gasteiger partial charge in [0.25, 0.3) is 5.91 Å². The molecule has 0 atom stereocenters. The van der Waals surface area contributed by atoms with Crippen LogP contribution in [0.3, 0.4) is 0 Å². The quantitative estimate of drug-likeness (QED) is 0.883. The van der Waals surface area contributed by atoms with E-state index >= 15 is 0 Å². The maximum atomic E-state index is 11.7. The predicted molar refractivity (Wildman–Crippen MR) is 84.5 cm³/mol. The number of benzene rings is 1. The van der Waals surface area contributed by atoms with Crippen molar-refractivity contribution >= 4 is 23.2 Å². The molecule has 110 valence electrons. The maximum absolute atomic E-state index is 11.7. The lowest BCUT2D eigenvalue weighted by atomic mass is 9.83. The number of hydrogen-bond acceptors (Lipinski definition) is 2. The molecule has 0 heterocycles. The molecule has 0 aromatic heterocycles. The molecule has 0 radical (unpaired) electrons. The van der Waals surface area contributed by atoms with Crippen LogP contribution in [-0.4, -0.2) is 19.5 Å². The normalized spacial score (nSPS) is 22.4. The summed E-state index contributed by atoms with van der Waals surface area (Å²) in [5.74, 6) is 1.47. The summed E-state index contributed by atoms with van der Waals surface area (Å²) in [7, 11) is 1.61. The van der Waals surface area contributed by atoms with Gasteiger partial charge in [-0.3, -0.25) is 4.79 Å². The molecule has 0 aliphatic heterocycles. The van der Waals surface area contributed by atoms with Crippen molar-refractivity contribution in [1.82, 2.24) is 5.32 Å². The van der Waals surface area contributed by atoms with Crippen molar-refractivity contribution in [3.05, 3.63) is 28.8 Å². The molecule has 20 heavy (non-hydrogen) atoms. The van der Waals surface area contributed by atoms with Gasteiger partial charge in [0.05, 0.1) is 10.6 Å². The third-order valence-corrected chi connectivity index (χ3v) is 4.50. The summed E-state index contributed by atoms with van der Waals surface area (Å²) < 4.78 is 0. The van der Waals surface area contributed by atoms with E-state index < -0.39 is 0 Å². The van der Waals surface area contributed by atoms with E-state index in [2.05, 4.69) is 17.6 Å². The highest BCUT2D eigenvalue weighted by Gasteiger charge is 2.18. The lowest BCUT2D eigenvalue weighted by Gasteiger charge is -2.26. The van der Waals surface area contributed by atoms with Crippen molar-refractivity contribution < 1.29 is 4.79 Å². The van der Waals surface area contributed by atoms with Gasteiger partial charge < -0.3 is 10.6 Å². The Hall–Kier alpha value is -1.22. The molecular formula is C16H23ClN2O. The van der Waals surface area contributed by atoms with Gasteiger partial charge in [-0.1, -0.05) is 31.4 Å². The van der Waals surface area contributed by atoms with Crippen LogP contribution >= 0.6 is 11.6 Å². The highest BCUT2D eigenvalue weighted by Crippen LogP contribution is 2.29. The molecular weight excluding hydrogens is 272 g/mol. The van der Waals surface area contributed by atoms with Crippen molar-refractivity contribution in [2.75, 3.05) is 18.9 Å². The Morgan fingerprint density at radius 2 is 2.00 bits per heavy atom. The third-order valence-electron chi connectivity index (χ3n) is 4.17. The Kier molecular flexibility index (Phi) is 5.30. The van der Waals surface area contributed by atoms with Gasteiger partial charge in [-0.2, -0.15) is 0 Å². The molecule has 0 bridgehead atoms. The van der Waals surface area contributed by atoms with Gasteiger partial charge in [0, 0.05) is 19.3 Å². The maximum Gasteiger partial charge on any atom is 0.252 e. The van der Waals surface area contributed by atoms with E-state index in [9.17, 15) is 4.79 Å². The summed E-state index contributed by atoms with van der Waals surface area (Å²) in [4.78, 5) is 11.7. The van der Waals surface area contributed by atoms with E-state index in [-0.39, 0.29) is 5.91 Å². The van der Waals surface area contributed by atoms with Crippen LogP contribution in [0.25, 0.3) is 0 Å². The van der Waals surface area contributed by atoms with Gasteiger partial charge in [-0.05, 0) is 42.9 Å². The second-order valence-corrected chi connectivity index (χ2v) is 6.19. The van der Waals surface area contributed by atoms with Crippen molar-refractivity contribution in [3.63, 3.8) is 0 Å². The minimum absolute atomic E-state index is 0.148. The summed E-state index contributed by atoms with van der Waals surface area (Å²) in [6, 6.07) is 5.53. The zero-order chi connectivity index (χ0) is 14.5. The Morgan fingerprint density at radius 3 is 2.65 bits per heavy atom. The molecule has 1 aromatic rings. The fourth-order valence-electron chi connectivity index (χ4n) is 2.74. The Labute approximate surface area is 126 Å². The number of anilines is 1. The Bertz CT molecular complexity index is 468. The molecule has 1 aromatic carbocycles. The number of carbonyl (C=O) groups is 1. The molecule has 0 spiro atoms. The van der Waals surface area contributed by atoms with Crippen LogP contribution in [-0.2, 0) is 0 Å². The predicted octanol–water partition coefficient (Wildman–Crippen LogP) is 3.94. The van der Waals surface area contributed by atoms with Gasteiger partial charge in [0.1, 0.15) is 0 Å². The van der Waals surface area contributed by atoms with E-state index in [4.69, 9.17) is 11.6 Å². The van der Waals surface area contributed by atoms with Crippen LogP contribution < -0.4 is 10.6 Å². The number of rotatable bonds is 4. The monoisotopic (exact) mass is 294 g/mol. The zero-order valence-corrected chi connectivity index (χ0v) is 13.0. The fourth-order valence-corrected chi connectivity index (χ4v) is 2.94. The number of halogens is 1. The summed E-state index contributed by atoms with van der Waals surface area (Å²) in [5.41, 5.74) is 1.49. The summed E-state index contributed by atoms with van der Waals surface area (Å²) in [5, 5.41) is 6.53. The van der Waals surface area contributed by atoms with Gasteiger partial charge in [-0.15, -0.1) is 0 Å². The highest BCUT2D eigenvalue weighted by molar-refractivity contribution is 6.34. The summed E-state index contributed by atoms with van der Waals surface area (Å²) >= 11 is 6.05. The Balaban J connectivity index is 1.94. The topological polar surface area (TPSA) is 41.1 Å². The van der Waals surface area contributed by atoms with Crippen LogP contribution in [0.15, 0.2) is 18.2 Å². The molecule has 1 amide bonds. The SMILES string of the molecule is CNC(=O)c1cc(NCC2CCC(C)CC2)ccc1Cl. The minimum Gasteiger partial charge on any atom is -0.385 e. The van der Waals surface area contributed by atoms with Crippen LogP contribution in [0.5, 0.6) is 0 Å². The van der Waals surface area contributed by atoms with Crippen molar-refractivity contribution in [2.45, 2.75) is 32.6 Å². The number of nitrogens with one attached hydrogen (secondary N) is 2. The summed E-state index contributed by atoms with van der Waals surface area (Å²) in [6.45, 7) is 3.31. The number of amides is 1. The van der Waals surface area contributed by atoms with Gasteiger partial charge >= 0.3 is 0 Å². The van der Waals surface area contributed by atoms with E-state index in [1.54, 1.807) is 13.1 Å². The minimum atomic E-state index is -0.148. The molecule has 3 nitrogen and oxygen atoms in total. The van der Waals surface area contributed by atoms with Crippen molar-refractivity contribution in [2.24, 2.45) is 11.8 Å². The molecule has 1 aliphatic rings. The molecule has 4 heteroatoms. The zero-order valence-electron chi connectivity index (χ0n) is 12.2. The molecule has 1 aliphatic carbocycles. The molecule has 0 unspecified atom stereocenters. The van der Waals surface area contributed by atoms with E-state index in [0.29, 0.717) is 10.6 Å². The van der Waals surface area contributed by atoms with Crippen molar-refractivity contribution in [3.8, 4) is 0 Å².